The highest BCUT2D eigenvalue weighted by Crippen LogP contribution is 2.30. The van der Waals surface area contributed by atoms with Crippen molar-refractivity contribution in [3.05, 3.63) is 46.8 Å². The fourth-order valence-electron chi connectivity index (χ4n) is 3.32. The van der Waals surface area contributed by atoms with Crippen LogP contribution in [0.2, 0.25) is 0 Å². The first-order valence-corrected chi connectivity index (χ1v) is 10.2. The van der Waals surface area contributed by atoms with Crippen molar-refractivity contribution in [2.45, 2.75) is 39.3 Å². The molecule has 0 bridgehead atoms. The average molecular weight is 391 g/mol. The second-order valence-electron chi connectivity index (χ2n) is 7.07. The van der Waals surface area contributed by atoms with Gasteiger partial charge in [-0.1, -0.05) is 6.07 Å². The number of amides is 1. The van der Waals surface area contributed by atoms with Gasteiger partial charge in [-0.3, -0.25) is 9.48 Å². The second kappa shape index (κ2) is 7.06. The highest BCUT2D eigenvalue weighted by Gasteiger charge is 2.41. The van der Waals surface area contributed by atoms with Gasteiger partial charge in [-0.2, -0.15) is 22.5 Å². The van der Waals surface area contributed by atoms with Gasteiger partial charge in [0.15, 0.2) is 0 Å². The number of hydrogen-bond donors (Lipinski definition) is 2. The Labute approximate surface area is 159 Å². The molecule has 0 radical (unpaired) electrons. The summed E-state index contributed by atoms with van der Waals surface area (Å²) in [7, 11) is -0.585. The van der Waals surface area contributed by atoms with Crippen molar-refractivity contribution in [1.82, 2.24) is 18.8 Å². The van der Waals surface area contributed by atoms with Crippen LogP contribution in [0.15, 0.2) is 24.4 Å². The minimum atomic E-state index is -3.78. The van der Waals surface area contributed by atoms with E-state index >= 15 is 0 Å². The Morgan fingerprint density at radius 3 is 2.52 bits per heavy atom. The predicted octanol–water partition coefficient (Wildman–Crippen LogP) is 1.56. The summed E-state index contributed by atoms with van der Waals surface area (Å²) in [6.45, 7) is 5.79. The Morgan fingerprint density at radius 1 is 1.22 bits per heavy atom. The molecule has 0 spiro atoms. The van der Waals surface area contributed by atoms with Gasteiger partial charge in [0.05, 0.1) is 11.7 Å². The third-order valence-electron chi connectivity index (χ3n) is 5.07. The fourth-order valence-corrected chi connectivity index (χ4v) is 4.58. The van der Waals surface area contributed by atoms with Gasteiger partial charge in [0, 0.05) is 31.5 Å². The molecule has 2 heterocycles. The van der Waals surface area contributed by atoms with Crippen LogP contribution in [0.5, 0.6) is 0 Å². The highest BCUT2D eigenvalue weighted by atomic mass is 32.2. The molecule has 1 saturated heterocycles. The van der Waals surface area contributed by atoms with E-state index in [0.717, 1.165) is 26.7 Å². The van der Waals surface area contributed by atoms with Crippen LogP contribution >= 0.6 is 0 Å². The van der Waals surface area contributed by atoms with Gasteiger partial charge in [-0.05, 0) is 50.5 Å². The molecule has 0 unspecified atom stereocenters. The van der Waals surface area contributed by atoms with Gasteiger partial charge in [0.2, 0.25) is 5.91 Å². The lowest BCUT2D eigenvalue weighted by Gasteiger charge is -2.36. The first kappa shape index (κ1) is 19.5. The minimum absolute atomic E-state index is 0.318. The van der Waals surface area contributed by atoms with E-state index in [4.69, 9.17) is 0 Å². The fraction of sp³-hybridized carbons (Fsp3) is 0.444. The summed E-state index contributed by atoms with van der Waals surface area (Å²) in [6.07, 6.45) is 2.10. The molecule has 9 heteroatoms. The first-order chi connectivity index (χ1) is 12.6. The lowest BCUT2D eigenvalue weighted by molar-refractivity contribution is -0.120. The Kier molecular flexibility index (Phi) is 5.11. The molecule has 8 nitrogen and oxygen atoms in total. The van der Waals surface area contributed by atoms with Crippen molar-refractivity contribution in [2.24, 2.45) is 7.05 Å². The van der Waals surface area contributed by atoms with Crippen LogP contribution in [0.4, 0.5) is 5.69 Å². The molecule has 3 rings (SSSR count). The lowest BCUT2D eigenvalue weighted by Crippen LogP contribution is -2.56. The average Bonchev–Trinajstić information content (AvgIpc) is 2.91. The normalized spacial score (nSPS) is 22.6. The number of carbonyl (C=O) groups excluding carboxylic acids is 1. The van der Waals surface area contributed by atoms with Gasteiger partial charge >= 0.3 is 0 Å². The SMILES string of the molecule is Cc1ccc(NC(=O)[C@H]2C[C@@H](c3cn(C)nc3C)NS(=O)(=O)N2C)cc1C. The second-order valence-corrected chi connectivity index (χ2v) is 8.84. The van der Waals surface area contributed by atoms with Crippen molar-refractivity contribution >= 4 is 21.8 Å². The van der Waals surface area contributed by atoms with Crippen LogP contribution in [-0.2, 0) is 22.1 Å². The van der Waals surface area contributed by atoms with Crippen molar-refractivity contribution in [2.75, 3.05) is 12.4 Å². The predicted molar refractivity (Wildman–Crippen MR) is 103 cm³/mol. The van der Waals surface area contributed by atoms with Crippen molar-refractivity contribution in [3.63, 3.8) is 0 Å². The molecular formula is C18H25N5O3S. The molecule has 1 aromatic carbocycles. The van der Waals surface area contributed by atoms with E-state index in [1.165, 1.54) is 7.05 Å². The number of aryl methyl sites for hydroxylation is 4. The number of likely N-dealkylation sites (N-methyl/N-ethyl adjacent to an activating group) is 1. The zero-order valence-electron chi connectivity index (χ0n) is 16.1. The molecule has 2 N–H and O–H groups in total. The van der Waals surface area contributed by atoms with Gasteiger partial charge < -0.3 is 5.32 Å². The molecule has 1 fully saturated rings. The molecule has 146 valence electrons. The number of rotatable bonds is 3. The van der Waals surface area contributed by atoms with E-state index in [1.807, 2.05) is 39.0 Å². The van der Waals surface area contributed by atoms with Crippen molar-refractivity contribution in [3.8, 4) is 0 Å². The van der Waals surface area contributed by atoms with Crippen LogP contribution in [-0.4, -0.2) is 41.5 Å². The molecule has 27 heavy (non-hydrogen) atoms. The summed E-state index contributed by atoms with van der Waals surface area (Å²) in [6, 6.07) is 4.30. The molecule has 2 aromatic rings. The van der Waals surface area contributed by atoms with Crippen LogP contribution in [0.1, 0.15) is 34.8 Å². The van der Waals surface area contributed by atoms with E-state index in [-0.39, 0.29) is 5.91 Å². The Balaban J connectivity index is 1.86. The van der Waals surface area contributed by atoms with Gasteiger partial charge in [-0.15, -0.1) is 0 Å². The third kappa shape index (κ3) is 3.90. The maximum atomic E-state index is 12.9. The van der Waals surface area contributed by atoms with Crippen molar-refractivity contribution in [1.29, 1.82) is 0 Å². The number of carbonyl (C=O) groups is 1. The van der Waals surface area contributed by atoms with Crippen molar-refractivity contribution < 1.29 is 13.2 Å². The quantitative estimate of drug-likeness (QED) is 0.830. The molecule has 1 amide bonds. The summed E-state index contributed by atoms with van der Waals surface area (Å²) >= 11 is 0. The topological polar surface area (TPSA) is 96.3 Å². The van der Waals surface area contributed by atoms with E-state index in [1.54, 1.807) is 17.9 Å². The lowest BCUT2D eigenvalue weighted by atomic mass is 10.00. The molecule has 1 aromatic heterocycles. The zero-order valence-corrected chi connectivity index (χ0v) is 17.0. The zero-order chi connectivity index (χ0) is 19.9. The smallest absolute Gasteiger partial charge is 0.280 e. The van der Waals surface area contributed by atoms with E-state index in [9.17, 15) is 13.2 Å². The monoisotopic (exact) mass is 391 g/mol. The van der Waals surface area contributed by atoms with Crippen LogP contribution in [0.25, 0.3) is 0 Å². The van der Waals surface area contributed by atoms with Crippen LogP contribution < -0.4 is 10.0 Å². The highest BCUT2D eigenvalue weighted by molar-refractivity contribution is 7.87. The number of hydrogen-bond acceptors (Lipinski definition) is 4. The maximum Gasteiger partial charge on any atom is 0.280 e. The number of aromatic nitrogens is 2. The Hall–Kier alpha value is -2.23. The molecule has 1 aliphatic heterocycles. The number of anilines is 1. The summed E-state index contributed by atoms with van der Waals surface area (Å²) < 4.78 is 30.5. The van der Waals surface area contributed by atoms with Gasteiger partial charge in [-0.25, -0.2) is 0 Å². The van der Waals surface area contributed by atoms with Crippen LogP contribution in [0, 0.1) is 20.8 Å². The first-order valence-electron chi connectivity index (χ1n) is 8.72. The van der Waals surface area contributed by atoms with Gasteiger partial charge in [0.25, 0.3) is 10.2 Å². The maximum absolute atomic E-state index is 12.9. The van der Waals surface area contributed by atoms with Gasteiger partial charge in [0.1, 0.15) is 6.04 Å². The van der Waals surface area contributed by atoms with E-state index < -0.39 is 22.3 Å². The number of nitrogens with zero attached hydrogens (tertiary/aromatic N) is 3. The summed E-state index contributed by atoms with van der Waals surface area (Å²) in [4.78, 5) is 12.9. The molecule has 2 atom stereocenters. The summed E-state index contributed by atoms with van der Waals surface area (Å²) in [5.74, 6) is -0.350. The largest absolute Gasteiger partial charge is 0.325 e. The summed E-state index contributed by atoms with van der Waals surface area (Å²) in [5.41, 5.74) is 4.35. The van der Waals surface area contributed by atoms with Crippen LogP contribution in [0.3, 0.4) is 0 Å². The molecule has 0 aliphatic carbocycles. The van der Waals surface area contributed by atoms with E-state index in [2.05, 4.69) is 15.1 Å². The number of nitrogens with one attached hydrogen (secondary N) is 2. The number of benzene rings is 1. The summed E-state index contributed by atoms with van der Waals surface area (Å²) in [5, 5.41) is 7.12. The Bertz CT molecular complexity index is 983. The molecular weight excluding hydrogens is 366 g/mol. The molecule has 0 saturated carbocycles. The molecule has 1 aliphatic rings. The Morgan fingerprint density at radius 2 is 1.93 bits per heavy atom. The minimum Gasteiger partial charge on any atom is -0.325 e. The third-order valence-corrected chi connectivity index (χ3v) is 6.67. The van der Waals surface area contributed by atoms with E-state index in [0.29, 0.717) is 12.1 Å². The standard InChI is InChI=1S/C18H25N5O3S/c1-11-6-7-14(8-12(11)2)19-18(24)17-9-16(21-27(25,26)23(17)5)15-10-22(4)20-13(15)3/h6-8,10,16-17,21H,9H2,1-5H3,(H,19,24)/t16-,17+/m0/s1.